The van der Waals surface area contributed by atoms with Gasteiger partial charge in [-0.2, -0.15) is 0 Å². The van der Waals surface area contributed by atoms with Crippen molar-refractivity contribution in [2.75, 3.05) is 20.0 Å². The highest BCUT2D eigenvalue weighted by molar-refractivity contribution is 6.07. The number of aliphatic hydroxyl groups excluding tert-OH is 1. The Hall–Kier alpha value is -2.61. The van der Waals surface area contributed by atoms with E-state index in [1.54, 1.807) is 0 Å². The van der Waals surface area contributed by atoms with E-state index in [0.29, 0.717) is 24.9 Å². The molecule has 142 valence electrons. The average molecular weight is 365 g/mol. The molecule has 0 bridgehead atoms. The number of benzene rings is 1. The Morgan fingerprint density at radius 1 is 1.08 bits per heavy atom. The van der Waals surface area contributed by atoms with Gasteiger partial charge in [-0.15, -0.1) is 0 Å². The number of rotatable bonds is 5. The number of carbonyl (C=O) groups is 3. The minimum Gasteiger partial charge on any atom is -0.466 e. The molecule has 26 heavy (non-hydrogen) atoms. The molecule has 0 amide bonds. The molecule has 8 heteroatoms. The molecule has 0 heterocycles. The van der Waals surface area contributed by atoms with Crippen molar-refractivity contribution in [2.45, 2.75) is 37.4 Å². The van der Waals surface area contributed by atoms with E-state index in [2.05, 4.69) is 0 Å². The van der Waals surface area contributed by atoms with Crippen molar-refractivity contribution in [2.24, 2.45) is 5.92 Å². The fraction of sp³-hybridized carbons (Fsp3) is 0.500. The van der Waals surface area contributed by atoms with Crippen LogP contribution in [0.5, 0.6) is 0 Å². The van der Waals surface area contributed by atoms with Gasteiger partial charge in [-0.05, 0) is 43.5 Å². The summed E-state index contributed by atoms with van der Waals surface area (Å²) in [6.45, 7) is 0. The minimum absolute atomic E-state index is 0.110. The van der Waals surface area contributed by atoms with Crippen molar-refractivity contribution < 1.29 is 33.7 Å². The van der Waals surface area contributed by atoms with Gasteiger partial charge >= 0.3 is 23.5 Å². The highest BCUT2D eigenvalue weighted by Gasteiger charge is 2.59. The van der Waals surface area contributed by atoms with Crippen molar-refractivity contribution in [3.8, 4) is 0 Å². The van der Waals surface area contributed by atoms with Crippen molar-refractivity contribution in [3.63, 3.8) is 0 Å². The molecule has 1 aliphatic rings. The van der Waals surface area contributed by atoms with E-state index < -0.39 is 35.5 Å². The molecule has 1 aromatic rings. The third kappa shape index (κ3) is 3.80. The van der Waals surface area contributed by atoms with E-state index in [1.165, 1.54) is 24.3 Å². The van der Waals surface area contributed by atoms with Gasteiger partial charge in [0, 0.05) is 11.6 Å². The molecule has 0 aliphatic heterocycles. The van der Waals surface area contributed by atoms with Crippen LogP contribution in [-0.4, -0.2) is 48.9 Å². The summed E-state index contributed by atoms with van der Waals surface area (Å²) in [6.07, 6.45) is 0.912. The van der Waals surface area contributed by atoms with Gasteiger partial charge < -0.3 is 25.1 Å². The lowest BCUT2D eigenvalue weighted by atomic mass is 9.75. The third-order valence-electron chi connectivity index (χ3n) is 4.60. The monoisotopic (exact) mass is 365 g/mol. The van der Waals surface area contributed by atoms with Gasteiger partial charge in [-0.25, -0.2) is 14.4 Å². The van der Waals surface area contributed by atoms with Crippen LogP contribution in [0.1, 0.15) is 36.0 Å². The molecule has 0 unspecified atom stereocenters. The minimum atomic E-state index is -2.27. The van der Waals surface area contributed by atoms with E-state index in [9.17, 15) is 19.5 Å². The van der Waals surface area contributed by atoms with E-state index in [1.807, 2.05) is 0 Å². The topological polar surface area (TPSA) is 125 Å². The molecular formula is C18H23NO7. The molecule has 1 aromatic carbocycles. The van der Waals surface area contributed by atoms with E-state index in [4.69, 9.17) is 19.9 Å². The van der Waals surface area contributed by atoms with Gasteiger partial charge in [-0.3, -0.25) is 0 Å². The summed E-state index contributed by atoms with van der Waals surface area (Å²) >= 11 is 0. The van der Waals surface area contributed by atoms with Crippen LogP contribution in [0, 0.1) is 5.92 Å². The Kier molecular flexibility index (Phi) is 6.20. The molecule has 2 atom stereocenters. The maximum absolute atomic E-state index is 12.6. The van der Waals surface area contributed by atoms with Gasteiger partial charge in [0.1, 0.15) is 0 Å². The van der Waals surface area contributed by atoms with Gasteiger partial charge in [0.2, 0.25) is 0 Å². The maximum atomic E-state index is 12.6. The van der Waals surface area contributed by atoms with Crippen LogP contribution in [-0.2, 0) is 23.8 Å². The summed E-state index contributed by atoms with van der Waals surface area (Å²) in [4.78, 5) is 37.7. The number of hydrogen-bond donors (Lipinski definition) is 2. The van der Waals surface area contributed by atoms with Gasteiger partial charge in [0.25, 0.3) is 0 Å². The number of nitrogen functional groups attached to an aromatic ring is 1. The Balaban J connectivity index is 2.43. The predicted octanol–water partition coefficient (Wildman–Crippen LogP) is 1.06. The summed E-state index contributed by atoms with van der Waals surface area (Å²) in [7, 11) is 2.19. The van der Waals surface area contributed by atoms with Crippen LogP contribution in [0.15, 0.2) is 24.3 Å². The number of anilines is 1. The number of ether oxygens (including phenoxy) is 3. The largest absolute Gasteiger partial charge is 0.466 e. The summed E-state index contributed by atoms with van der Waals surface area (Å²) in [5.74, 6) is -3.72. The number of methoxy groups -OCH3 is 2. The fourth-order valence-corrected chi connectivity index (χ4v) is 3.24. The summed E-state index contributed by atoms with van der Waals surface area (Å²) in [6, 6.07) is 5.84. The molecule has 0 spiro atoms. The van der Waals surface area contributed by atoms with Crippen LogP contribution in [0.2, 0.25) is 0 Å². The van der Waals surface area contributed by atoms with Gasteiger partial charge in [-0.1, -0.05) is 6.42 Å². The molecule has 8 nitrogen and oxygen atoms in total. The maximum Gasteiger partial charge on any atom is 0.362 e. The van der Waals surface area contributed by atoms with Crippen LogP contribution in [0.3, 0.4) is 0 Å². The molecule has 2 rings (SSSR count). The molecule has 3 N–H and O–H groups in total. The van der Waals surface area contributed by atoms with Crippen LogP contribution < -0.4 is 5.73 Å². The molecule has 1 saturated carbocycles. The molecular weight excluding hydrogens is 342 g/mol. The Labute approximate surface area is 151 Å². The first-order chi connectivity index (χ1) is 12.3. The lowest BCUT2D eigenvalue weighted by molar-refractivity contribution is -0.190. The summed E-state index contributed by atoms with van der Waals surface area (Å²) in [5, 5.41) is 9.97. The number of hydrogen-bond acceptors (Lipinski definition) is 8. The highest BCUT2D eigenvalue weighted by Crippen LogP contribution is 2.38. The smallest absolute Gasteiger partial charge is 0.362 e. The molecule has 0 saturated heterocycles. The average Bonchev–Trinajstić information content (AvgIpc) is 2.65. The fourth-order valence-electron chi connectivity index (χ4n) is 3.24. The normalized spacial score (nSPS) is 20.1. The zero-order chi connectivity index (χ0) is 19.3. The number of carbonyl (C=O) groups excluding carboxylic acids is 3. The number of nitrogens with two attached hydrogens (primary N) is 1. The van der Waals surface area contributed by atoms with Crippen molar-refractivity contribution in [1.82, 2.24) is 0 Å². The second-order valence-electron chi connectivity index (χ2n) is 6.25. The highest BCUT2D eigenvalue weighted by atomic mass is 16.6. The first-order valence-corrected chi connectivity index (χ1v) is 8.29. The molecule has 0 radical (unpaired) electrons. The second kappa shape index (κ2) is 8.18. The quantitative estimate of drug-likeness (QED) is 0.343. The zero-order valence-electron chi connectivity index (χ0n) is 14.8. The number of aliphatic hydroxyl groups is 1. The molecule has 1 fully saturated rings. The molecule has 1 aliphatic carbocycles. The Morgan fingerprint density at radius 2 is 1.65 bits per heavy atom. The first-order valence-electron chi connectivity index (χ1n) is 8.29. The van der Waals surface area contributed by atoms with Crippen LogP contribution in [0.25, 0.3) is 0 Å². The first kappa shape index (κ1) is 19.7. The van der Waals surface area contributed by atoms with E-state index in [-0.39, 0.29) is 12.0 Å². The van der Waals surface area contributed by atoms with Crippen LogP contribution in [0.4, 0.5) is 5.69 Å². The van der Waals surface area contributed by atoms with Gasteiger partial charge in [0.15, 0.2) is 0 Å². The van der Waals surface area contributed by atoms with Crippen molar-refractivity contribution in [3.05, 3.63) is 29.8 Å². The van der Waals surface area contributed by atoms with Crippen molar-refractivity contribution in [1.29, 1.82) is 0 Å². The summed E-state index contributed by atoms with van der Waals surface area (Å²) in [5.41, 5.74) is 3.89. The standard InChI is InChI=1S/C18H23NO7/c1-24-16(22)18(17(23)25-2,12-4-3-5-14(20)10-12)26-15(21)11-6-8-13(19)9-7-11/h6-9,12,14,20H,3-5,10,19H2,1-2H3/t12-,14-/m0/s1. The van der Waals surface area contributed by atoms with Gasteiger partial charge in [0.05, 0.1) is 25.9 Å². The SMILES string of the molecule is COC(=O)C(OC(=O)c1ccc(N)cc1)(C(=O)OC)[C@H]1CCC[C@H](O)C1. The van der Waals surface area contributed by atoms with Crippen molar-refractivity contribution >= 4 is 23.6 Å². The van der Waals surface area contributed by atoms with E-state index >= 15 is 0 Å². The lowest BCUT2D eigenvalue weighted by Gasteiger charge is -2.38. The Bertz CT molecular complexity index is 655. The third-order valence-corrected chi connectivity index (χ3v) is 4.60. The summed E-state index contributed by atoms with van der Waals surface area (Å²) < 4.78 is 14.9. The molecule has 0 aromatic heterocycles. The number of esters is 3. The Morgan fingerprint density at radius 3 is 2.15 bits per heavy atom. The predicted molar refractivity (Wildman–Crippen MR) is 91.0 cm³/mol. The van der Waals surface area contributed by atoms with Crippen LogP contribution >= 0.6 is 0 Å². The lowest BCUT2D eigenvalue weighted by Crippen LogP contribution is -2.58. The second-order valence-corrected chi connectivity index (χ2v) is 6.25. The van der Waals surface area contributed by atoms with E-state index in [0.717, 1.165) is 14.2 Å². The zero-order valence-corrected chi connectivity index (χ0v) is 14.8.